The normalized spacial score (nSPS) is 20.4. The third kappa shape index (κ3) is 5.28. The molecule has 1 saturated heterocycles. The van der Waals surface area contributed by atoms with Gasteiger partial charge in [-0.1, -0.05) is 24.3 Å². The van der Waals surface area contributed by atoms with Crippen molar-refractivity contribution in [2.24, 2.45) is 0 Å². The number of ether oxygens (including phenoxy) is 2. The van der Waals surface area contributed by atoms with Gasteiger partial charge in [0.05, 0.1) is 18.1 Å². The Morgan fingerprint density at radius 1 is 1.29 bits per heavy atom. The fourth-order valence-electron chi connectivity index (χ4n) is 3.80. The highest BCUT2D eigenvalue weighted by atomic mass is 16.6. The SMILES string of the molecule is CC1=CC(c2ccccc2[N+](=O)[O-])C(C(=O)NC(=O)OC(C)N2CCOCC2)=C(C)N1. The fraction of sp³-hybridized carbons (Fsp3) is 0.429. The minimum Gasteiger partial charge on any atom is -0.430 e. The Bertz CT molecular complexity index is 936. The number of amides is 2. The average Bonchev–Trinajstić information content (AvgIpc) is 2.73. The largest absolute Gasteiger partial charge is 0.430 e. The molecule has 31 heavy (non-hydrogen) atoms. The molecule has 2 atom stereocenters. The topological polar surface area (TPSA) is 123 Å². The number of allylic oxidation sites excluding steroid dienone is 3. The Morgan fingerprint density at radius 2 is 1.97 bits per heavy atom. The number of rotatable bonds is 5. The minimum atomic E-state index is -0.878. The number of benzene rings is 1. The molecule has 2 unspecified atom stereocenters. The number of nitro benzene ring substituents is 1. The van der Waals surface area contributed by atoms with E-state index < -0.39 is 29.1 Å². The summed E-state index contributed by atoms with van der Waals surface area (Å²) in [5.41, 5.74) is 1.75. The Kier molecular flexibility index (Phi) is 7.03. The smallest absolute Gasteiger partial charge is 0.415 e. The molecule has 10 heteroatoms. The summed E-state index contributed by atoms with van der Waals surface area (Å²) >= 11 is 0. The lowest BCUT2D eigenvalue weighted by molar-refractivity contribution is -0.385. The van der Waals surface area contributed by atoms with Crippen molar-refractivity contribution in [2.45, 2.75) is 32.9 Å². The van der Waals surface area contributed by atoms with Crippen LogP contribution in [0.2, 0.25) is 0 Å². The van der Waals surface area contributed by atoms with E-state index in [1.807, 2.05) is 4.90 Å². The summed E-state index contributed by atoms with van der Waals surface area (Å²) in [4.78, 5) is 38.3. The fourth-order valence-corrected chi connectivity index (χ4v) is 3.80. The Balaban J connectivity index is 1.79. The van der Waals surface area contributed by atoms with Crippen LogP contribution >= 0.6 is 0 Å². The quantitative estimate of drug-likeness (QED) is 0.539. The van der Waals surface area contributed by atoms with E-state index in [0.717, 1.165) is 5.70 Å². The molecule has 1 aromatic rings. The van der Waals surface area contributed by atoms with Gasteiger partial charge < -0.3 is 14.8 Å². The second-order valence-electron chi connectivity index (χ2n) is 7.41. The third-order valence-electron chi connectivity index (χ3n) is 5.28. The molecular weight excluding hydrogens is 404 g/mol. The molecule has 2 amide bonds. The van der Waals surface area contributed by atoms with E-state index in [0.29, 0.717) is 37.6 Å². The van der Waals surface area contributed by atoms with Crippen molar-refractivity contribution in [3.05, 3.63) is 63.0 Å². The summed E-state index contributed by atoms with van der Waals surface area (Å²) in [7, 11) is 0. The van der Waals surface area contributed by atoms with Gasteiger partial charge in [0.2, 0.25) is 0 Å². The first-order chi connectivity index (χ1) is 14.8. The van der Waals surface area contributed by atoms with E-state index in [4.69, 9.17) is 9.47 Å². The average molecular weight is 430 g/mol. The van der Waals surface area contributed by atoms with Gasteiger partial charge in [-0.3, -0.25) is 25.1 Å². The number of morpholine rings is 1. The molecule has 0 bridgehead atoms. The van der Waals surface area contributed by atoms with E-state index in [-0.39, 0.29) is 11.3 Å². The maximum Gasteiger partial charge on any atom is 0.415 e. The van der Waals surface area contributed by atoms with Crippen LogP contribution in [0.25, 0.3) is 0 Å². The van der Waals surface area contributed by atoms with Crippen molar-refractivity contribution >= 4 is 17.7 Å². The van der Waals surface area contributed by atoms with Gasteiger partial charge in [-0.15, -0.1) is 0 Å². The zero-order valence-electron chi connectivity index (χ0n) is 17.7. The first kappa shape index (κ1) is 22.4. The van der Waals surface area contributed by atoms with Crippen LogP contribution < -0.4 is 10.6 Å². The Hall–Kier alpha value is -3.24. The van der Waals surface area contributed by atoms with E-state index in [1.165, 1.54) is 6.07 Å². The van der Waals surface area contributed by atoms with Gasteiger partial charge in [-0.25, -0.2) is 4.79 Å². The monoisotopic (exact) mass is 430 g/mol. The summed E-state index contributed by atoms with van der Waals surface area (Å²) in [5, 5.41) is 16.8. The van der Waals surface area contributed by atoms with E-state index in [9.17, 15) is 19.7 Å². The number of nitrogens with one attached hydrogen (secondary N) is 2. The van der Waals surface area contributed by atoms with Crippen molar-refractivity contribution in [3.63, 3.8) is 0 Å². The van der Waals surface area contributed by atoms with Crippen molar-refractivity contribution < 1.29 is 24.0 Å². The minimum absolute atomic E-state index is 0.0972. The maximum atomic E-state index is 13.0. The molecule has 1 fully saturated rings. The van der Waals surface area contributed by atoms with Crippen molar-refractivity contribution in [1.29, 1.82) is 0 Å². The van der Waals surface area contributed by atoms with Crippen LogP contribution in [-0.4, -0.2) is 54.4 Å². The molecule has 0 aromatic heterocycles. The molecule has 1 aromatic carbocycles. The van der Waals surface area contributed by atoms with Crippen LogP contribution in [-0.2, 0) is 14.3 Å². The number of carbonyl (C=O) groups excluding carboxylic acids is 2. The third-order valence-corrected chi connectivity index (χ3v) is 5.28. The first-order valence-electron chi connectivity index (χ1n) is 10.0. The molecule has 2 aliphatic heterocycles. The van der Waals surface area contributed by atoms with Crippen LogP contribution in [0.5, 0.6) is 0 Å². The van der Waals surface area contributed by atoms with Gasteiger partial charge in [0.15, 0.2) is 6.23 Å². The number of hydrogen-bond donors (Lipinski definition) is 2. The van der Waals surface area contributed by atoms with Crippen molar-refractivity contribution in [3.8, 4) is 0 Å². The summed E-state index contributed by atoms with van der Waals surface area (Å²) in [5.74, 6) is -1.36. The number of carbonyl (C=O) groups is 2. The molecule has 2 heterocycles. The van der Waals surface area contributed by atoms with Crippen LogP contribution in [0, 0.1) is 10.1 Å². The number of dihydropyridines is 1. The van der Waals surface area contributed by atoms with E-state index in [2.05, 4.69) is 10.6 Å². The second-order valence-corrected chi connectivity index (χ2v) is 7.41. The highest BCUT2D eigenvalue weighted by molar-refractivity contribution is 6.04. The molecule has 0 saturated carbocycles. The molecule has 10 nitrogen and oxygen atoms in total. The van der Waals surface area contributed by atoms with Gasteiger partial charge in [0.1, 0.15) is 0 Å². The second kappa shape index (κ2) is 9.71. The van der Waals surface area contributed by atoms with Gasteiger partial charge in [-0.05, 0) is 20.8 Å². The first-order valence-corrected chi connectivity index (χ1v) is 10.0. The number of nitro groups is 1. The number of para-hydroxylation sites is 1. The summed E-state index contributed by atoms with van der Waals surface area (Å²) in [6.45, 7) is 7.57. The van der Waals surface area contributed by atoms with E-state index in [1.54, 1.807) is 45.0 Å². The molecule has 0 spiro atoms. The summed E-state index contributed by atoms with van der Waals surface area (Å²) < 4.78 is 10.6. The highest BCUT2D eigenvalue weighted by Gasteiger charge is 2.32. The molecule has 0 radical (unpaired) electrons. The lowest BCUT2D eigenvalue weighted by Gasteiger charge is -2.31. The predicted molar refractivity (Wildman–Crippen MR) is 112 cm³/mol. The maximum absolute atomic E-state index is 13.0. The molecule has 166 valence electrons. The zero-order valence-corrected chi connectivity index (χ0v) is 17.7. The molecule has 2 aliphatic rings. The van der Waals surface area contributed by atoms with Crippen molar-refractivity contribution in [1.82, 2.24) is 15.5 Å². The molecule has 3 rings (SSSR count). The van der Waals surface area contributed by atoms with Crippen LogP contribution in [0.3, 0.4) is 0 Å². The van der Waals surface area contributed by atoms with Crippen LogP contribution in [0.15, 0.2) is 47.3 Å². The standard InChI is InChI=1S/C21H26N4O6/c1-13-12-17(16-6-4-5-7-18(16)25(28)29)19(14(2)22-13)20(26)23-21(27)31-15(3)24-8-10-30-11-9-24/h4-7,12,15,17,22H,8-11H2,1-3H3,(H,23,26,27). The number of nitrogens with zero attached hydrogens (tertiary/aromatic N) is 2. The van der Waals surface area contributed by atoms with Crippen LogP contribution in [0.1, 0.15) is 32.3 Å². The highest BCUT2D eigenvalue weighted by Crippen LogP contribution is 2.36. The molecule has 2 N–H and O–H groups in total. The zero-order chi connectivity index (χ0) is 22.5. The van der Waals surface area contributed by atoms with E-state index >= 15 is 0 Å². The number of alkyl carbamates (subject to hydrolysis) is 1. The van der Waals surface area contributed by atoms with Crippen LogP contribution in [0.4, 0.5) is 10.5 Å². The molecular formula is C21H26N4O6. The number of hydrogen-bond acceptors (Lipinski definition) is 8. The Morgan fingerprint density at radius 3 is 2.65 bits per heavy atom. The predicted octanol–water partition coefficient (Wildman–Crippen LogP) is 2.39. The van der Waals surface area contributed by atoms with Gasteiger partial charge >= 0.3 is 6.09 Å². The number of imide groups is 1. The Labute approximate surface area is 180 Å². The van der Waals surface area contributed by atoms with Gasteiger partial charge in [-0.2, -0.15) is 0 Å². The van der Waals surface area contributed by atoms with Gasteiger partial charge in [0, 0.05) is 47.6 Å². The van der Waals surface area contributed by atoms with Gasteiger partial charge in [0.25, 0.3) is 11.6 Å². The van der Waals surface area contributed by atoms with Crippen molar-refractivity contribution in [2.75, 3.05) is 26.3 Å². The summed E-state index contributed by atoms with van der Waals surface area (Å²) in [6.07, 6.45) is 0.327. The lowest BCUT2D eigenvalue weighted by atomic mass is 9.85. The lowest BCUT2D eigenvalue weighted by Crippen LogP contribution is -2.46. The summed E-state index contributed by atoms with van der Waals surface area (Å²) in [6, 6.07) is 6.25. The molecule has 0 aliphatic carbocycles.